The third-order valence-corrected chi connectivity index (χ3v) is 3.73. The molecule has 0 spiro atoms. The molecule has 0 amide bonds. The topological polar surface area (TPSA) is 80.2 Å². The summed E-state index contributed by atoms with van der Waals surface area (Å²) in [6.07, 6.45) is 0. The highest BCUT2D eigenvalue weighted by Gasteiger charge is 2.17. The summed E-state index contributed by atoms with van der Waals surface area (Å²) in [5, 5.41) is 9.22. The Bertz CT molecular complexity index is 687. The number of carboxylic acids is 1. The Kier molecular flexibility index (Phi) is 4.70. The maximum atomic E-state index is 11.7. The van der Waals surface area contributed by atoms with Gasteiger partial charge in [-0.3, -0.25) is 9.59 Å². The van der Waals surface area contributed by atoms with Crippen LogP contribution < -0.4 is 0 Å². The SMILES string of the molecule is CC(=O)c1c(C)nc(-c2ccccc2)nc1SCC(=O)O. The summed E-state index contributed by atoms with van der Waals surface area (Å²) in [5.41, 5.74) is 1.78. The average molecular weight is 302 g/mol. The Morgan fingerprint density at radius 1 is 1.19 bits per heavy atom. The maximum absolute atomic E-state index is 11.7. The van der Waals surface area contributed by atoms with Crippen LogP contribution in [0.2, 0.25) is 0 Å². The Morgan fingerprint density at radius 2 is 1.86 bits per heavy atom. The molecule has 2 rings (SSSR count). The van der Waals surface area contributed by atoms with E-state index < -0.39 is 5.97 Å². The van der Waals surface area contributed by atoms with E-state index in [1.54, 1.807) is 6.92 Å². The number of nitrogens with zero attached hydrogens (tertiary/aromatic N) is 2. The standard InChI is InChI=1S/C15H14N2O3S/c1-9-13(10(2)18)15(21-8-12(19)20)17-14(16-9)11-6-4-3-5-7-11/h3-7H,8H2,1-2H3,(H,19,20). The van der Waals surface area contributed by atoms with Crippen LogP contribution in [0.1, 0.15) is 23.0 Å². The lowest BCUT2D eigenvalue weighted by molar-refractivity contribution is -0.133. The first-order chi connectivity index (χ1) is 9.99. The van der Waals surface area contributed by atoms with Crippen molar-refractivity contribution < 1.29 is 14.7 Å². The van der Waals surface area contributed by atoms with Gasteiger partial charge in [-0.15, -0.1) is 0 Å². The van der Waals surface area contributed by atoms with Crippen LogP contribution in [-0.2, 0) is 4.79 Å². The number of carboxylic acid groups (broad SMARTS) is 1. The molecule has 108 valence electrons. The van der Waals surface area contributed by atoms with Gasteiger partial charge in [-0.05, 0) is 13.8 Å². The first-order valence-corrected chi connectivity index (χ1v) is 7.27. The highest BCUT2D eigenvalue weighted by Crippen LogP contribution is 2.26. The quantitative estimate of drug-likeness (QED) is 0.519. The number of hydrogen-bond acceptors (Lipinski definition) is 5. The summed E-state index contributed by atoms with van der Waals surface area (Å²) in [6, 6.07) is 9.37. The molecule has 0 unspecified atom stereocenters. The number of aromatic nitrogens is 2. The van der Waals surface area contributed by atoms with Crippen molar-refractivity contribution in [3.05, 3.63) is 41.6 Å². The summed E-state index contributed by atoms with van der Waals surface area (Å²) in [5.74, 6) is -0.775. The molecule has 1 heterocycles. The van der Waals surface area contributed by atoms with Crippen molar-refractivity contribution in [1.29, 1.82) is 0 Å². The van der Waals surface area contributed by atoms with E-state index in [1.807, 2.05) is 30.3 Å². The van der Waals surface area contributed by atoms with E-state index in [1.165, 1.54) is 6.92 Å². The van der Waals surface area contributed by atoms with Crippen LogP contribution in [0.25, 0.3) is 11.4 Å². The molecule has 6 heteroatoms. The molecule has 0 saturated carbocycles. The lowest BCUT2D eigenvalue weighted by Crippen LogP contribution is -2.08. The third kappa shape index (κ3) is 3.66. The van der Waals surface area contributed by atoms with Gasteiger partial charge in [0.2, 0.25) is 0 Å². The number of aliphatic carboxylic acids is 1. The van der Waals surface area contributed by atoms with Crippen molar-refractivity contribution >= 4 is 23.5 Å². The third-order valence-electron chi connectivity index (χ3n) is 2.77. The molecule has 0 saturated heterocycles. The second-order valence-corrected chi connectivity index (χ2v) is 5.38. The summed E-state index contributed by atoms with van der Waals surface area (Å²) in [7, 11) is 0. The van der Waals surface area contributed by atoms with Gasteiger partial charge < -0.3 is 5.11 Å². The number of hydrogen-bond donors (Lipinski definition) is 1. The lowest BCUT2D eigenvalue weighted by atomic mass is 10.1. The van der Waals surface area contributed by atoms with E-state index in [0.29, 0.717) is 22.1 Å². The fourth-order valence-electron chi connectivity index (χ4n) is 1.90. The predicted molar refractivity (Wildman–Crippen MR) is 80.6 cm³/mol. The number of carbonyl (C=O) groups is 2. The van der Waals surface area contributed by atoms with Crippen LogP contribution >= 0.6 is 11.8 Å². The van der Waals surface area contributed by atoms with E-state index in [2.05, 4.69) is 9.97 Å². The molecule has 1 N–H and O–H groups in total. The first kappa shape index (κ1) is 15.2. The van der Waals surface area contributed by atoms with Gasteiger partial charge in [-0.25, -0.2) is 9.97 Å². The number of benzene rings is 1. The smallest absolute Gasteiger partial charge is 0.313 e. The molecule has 0 atom stereocenters. The van der Waals surface area contributed by atoms with E-state index in [-0.39, 0.29) is 11.5 Å². The van der Waals surface area contributed by atoms with Gasteiger partial charge >= 0.3 is 5.97 Å². The zero-order valence-electron chi connectivity index (χ0n) is 11.7. The number of Topliss-reactive ketones (excluding diaryl/α,β-unsaturated/α-hetero) is 1. The summed E-state index contributed by atoms with van der Waals surface area (Å²) >= 11 is 1.03. The van der Waals surface area contributed by atoms with Crippen molar-refractivity contribution in [2.24, 2.45) is 0 Å². The number of rotatable bonds is 5. The first-order valence-electron chi connectivity index (χ1n) is 6.28. The molecule has 5 nitrogen and oxygen atoms in total. The van der Waals surface area contributed by atoms with Gasteiger partial charge in [-0.2, -0.15) is 0 Å². The zero-order chi connectivity index (χ0) is 15.4. The molecule has 2 aromatic rings. The van der Waals surface area contributed by atoms with Gasteiger partial charge in [0.25, 0.3) is 0 Å². The van der Waals surface area contributed by atoms with Crippen molar-refractivity contribution in [2.45, 2.75) is 18.9 Å². The Hall–Kier alpha value is -2.21. The number of aryl methyl sites for hydroxylation is 1. The molecule has 0 bridgehead atoms. The summed E-state index contributed by atoms with van der Waals surface area (Å²) < 4.78 is 0. The lowest BCUT2D eigenvalue weighted by Gasteiger charge is -2.10. The highest BCUT2D eigenvalue weighted by molar-refractivity contribution is 8.00. The maximum Gasteiger partial charge on any atom is 0.313 e. The van der Waals surface area contributed by atoms with Crippen LogP contribution in [0, 0.1) is 6.92 Å². The Labute approximate surface area is 126 Å². The van der Waals surface area contributed by atoms with Crippen molar-refractivity contribution in [3.8, 4) is 11.4 Å². The van der Waals surface area contributed by atoms with Crippen LogP contribution in [0.5, 0.6) is 0 Å². The van der Waals surface area contributed by atoms with Gasteiger partial charge in [0, 0.05) is 5.56 Å². The minimum Gasteiger partial charge on any atom is -0.481 e. The number of carbonyl (C=O) groups excluding carboxylic acids is 1. The van der Waals surface area contributed by atoms with Gasteiger partial charge in [0.1, 0.15) is 5.03 Å². The summed E-state index contributed by atoms with van der Waals surface area (Å²) in [4.78, 5) is 31.2. The van der Waals surface area contributed by atoms with Gasteiger partial charge in [0.05, 0.1) is 17.0 Å². The predicted octanol–water partition coefficient (Wildman–Crippen LogP) is 2.83. The van der Waals surface area contributed by atoms with Gasteiger partial charge in [0.15, 0.2) is 11.6 Å². The molecule has 0 radical (unpaired) electrons. The summed E-state index contributed by atoms with van der Waals surface area (Å²) in [6.45, 7) is 3.16. The molecule has 1 aromatic heterocycles. The highest BCUT2D eigenvalue weighted by atomic mass is 32.2. The van der Waals surface area contributed by atoms with Crippen molar-refractivity contribution in [1.82, 2.24) is 9.97 Å². The molecule has 0 aliphatic heterocycles. The molecule has 0 fully saturated rings. The molecule has 1 aromatic carbocycles. The Balaban J connectivity index is 2.51. The normalized spacial score (nSPS) is 10.4. The van der Waals surface area contributed by atoms with Crippen LogP contribution in [0.15, 0.2) is 35.4 Å². The minimum absolute atomic E-state index is 0.148. The monoisotopic (exact) mass is 302 g/mol. The van der Waals surface area contributed by atoms with E-state index in [4.69, 9.17) is 5.11 Å². The van der Waals surface area contributed by atoms with Crippen LogP contribution in [-0.4, -0.2) is 32.6 Å². The van der Waals surface area contributed by atoms with Crippen LogP contribution in [0.4, 0.5) is 0 Å². The zero-order valence-corrected chi connectivity index (χ0v) is 12.5. The molecule has 21 heavy (non-hydrogen) atoms. The Morgan fingerprint density at radius 3 is 2.43 bits per heavy atom. The molecular weight excluding hydrogens is 288 g/mol. The number of ketones is 1. The van der Waals surface area contributed by atoms with Gasteiger partial charge in [-0.1, -0.05) is 42.1 Å². The second kappa shape index (κ2) is 6.49. The van der Waals surface area contributed by atoms with E-state index in [0.717, 1.165) is 17.3 Å². The van der Waals surface area contributed by atoms with Crippen molar-refractivity contribution in [3.63, 3.8) is 0 Å². The largest absolute Gasteiger partial charge is 0.481 e. The van der Waals surface area contributed by atoms with E-state index >= 15 is 0 Å². The average Bonchev–Trinajstić information content (AvgIpc) is 2.45. The number of thioether (sulfide) groups is 1. The second-order valence-electron chi connectivity index (χ2n) is 4.42. The van der Waals surface area contributed by atoms with Crippen molar-refractivity contribution in [2.75, 3.05) is 5.75 Å². The fourth-order valence-corrected chi connectivity index (χ4v) is 2.75. The molecule has 0 aliphatic carbocycles. The molecule has 0 aliphatic rings. The molecular formula is C15H14N2O3S. The van der Waals surface area contributed by atoms with E-state index in [9.17, 15) is 9.59 Å². The minimum atomic E-state index is -0.952. The fraction of sp³-hybridized carbons (Fsp3) is 0.200. The van der Waals surface area contributed by atoms with Crippen LogP contribution in [0.3, 0.4) is 0 Å².